The molecule has 0 aliphatic heterocycles. The number of rotatable bonds is 1. The predicted molar refractivity (Wildman–Crippen MR) is 56.1 cm³/mol. The lowest BCUT2D eigenvalue weighted by Crippen LogP contribution is -1.76. The molecular weight excluding hydrogens is 338 g/mol. The van der Waals surface area contributed by atoms with Crippen LogP contribution in [0.5, 0.6) is 0 Å². The molecule has 0 bridgehead atoms. The van der Waals surface area contributed by atoms with E-state index in [0.717, 1.165) is 0 Å². The molecule has 0 N–H and O–H groups in total. The van der Waals surface area contributed by atoms with E-state index >= 15 is 0 Å². The van der Waals surface area contributed by atoms with Crippen molar-refractivity contribution in [3.63, 3.8) is 0 Å². The van der Waals surface area contributed by atoms with E-state index < -0.39 is 0 Å². The Morgan fingerprint density at radius 2 is 2.11 bits per heavy atom. The van der Waals surface area contributed by atoms with Crippen LogP contribution in [-0.2, 0) is 0 Å². The maximum Gasteiger partial charge on any atom is 0.0880 e. The van der Waals surface area contributed by atoms with E-state index in [0.29, 0.717) is 1.93 Å². The summed E-state index contributed by atoms with van der Waals surface area (Å²) < 4.78 is 0.543. The fourth-order valence-corrected chi connectivity index (χ4v) is 1.32. The molecule has 1 rings (SSSR count). The highest BCUT2D eigenvalue weighted by Crippen LogP contribution is 2.29. The van der Waals surface area contributed by atoms with Crippen LogP contribution < -0.4 is 0 Å². The Morgan fingerprint density at radius 1 is 1.33 bits per heavy atom. The largest absolute Gasteiger partial charge is 0.0880 e. The first-order chi connectivity index (χ1) is 4.30. The van der Waals surface area contributed by atoms with Gasteiger partial charge in [0.2, 0.25) is 0 Å². The van der Waals surface area contributed by atoms with Crippen molar-refractivity contribution in [2.45, 2.75) is 1.93 Å². The summed E-state index contributed by atoms with van der Waals surface area (Å²) in [5.41, 5.74) is 1.26. The minimum Gasteiger partial charge on any atom is -0.0657 e. The second-order valence-corrected chi connectivity index (χ2v) is 6.49. The molecule has 0 aromatic heterocycles. The molecule has 1 aromatic rings. The summed E-state index contributed by atoms with van der Waals surface area (Å²) in [4.78, 5) is 0. The molecule has 9 heavy (non-hydrogen) atoms. The topological polar surface area (TPSA) is 0 Å². The lowest BCUT2D eigenvalue weighted by atomic mass is 10.2. The summed E-state index contributed by atoms with van der Waals surface area (Å²) in [6.45, 7) is 0. The molecule has 0 fully saturated rings. The molecule has 0 saturated heterocycles. The van der Waals surface area contributed by atoms with Crippen LogP contribution in [0.2, 0.25) is 0 Å². The van der Waals surface area contributed by atoms with Crippen molar-refractivity contribution in [1.29, 1.82) is 0 Å². The number of alkyl halides is 2. The van der Waals surface area contributed by atoms with E-state index in [4.69, 9.17) is 0 Å². The first-order valence-electron chi connectivity index (χ1n) is 2.55. The predicted octanol–water partition coefficient (Wildman–Crippen LogP) is 3.36. The fraction of sp³-hybridized carbons (Fsp3) is 0.143. The van der Waals surface area contributed by atoms with Crippen LogP contribution in [-0.4, -0.2) is 0 Å². The van der Waals surface area contributed by atoms with E-state index in [2.05, 4.69) is 57.3 Å². The average Bonchev–Trinajstić information content (AvgIpc) is 1.90. The monoisotopic (exact) mass is 343 g/mol. The van der Waals surface area contributed by atoms with E-state index in [1.54, 1.807) is 0 Å². The van der Waals surface area contributed by atoms with Gasteiger partial charge in [-0.3, -0.25) is 0 Å². The second-order valence-electron chi connectivity index (χ2n) is 1.62. The molecule has 47 valence electrons. The molecule has 0 amide bonds. The highest BCUT2D eigenvalue weighted by Gasteiger charge is 1.97. The smallest absolute Gasteiger partial charge is 0.0657 e. The molecule has 0 atom stereocenters. The summed E-state index contributed by atoms with van der Waals surface area (Å²) >= 11 is 4.73. The van der Waals surface area contributed by atoms with Crippen molar-refractivity contribution in [2.75, 3.05) is 0 Å². The molecule has 0 unspecified atom stereocenters. The van der Waals surface area contributed by atoms with Gasteiger partial charge in [-0.15, -0.1) is 0 Å². The van der Waals surface area contributed by atoms with Crippen molar-refractivity contribution in [2.24, 2.45) is 0 Å². The second kappa shape index (κ2) is 3.75. The first kappa shape index (κ1) is 7.78. The lowest BCUT2D eigenvalue weighted by molar-refractivity contribution is 1.45. The minimum atomic E-state index is 0.543. The van der Waals surface area contributed by atoms with Crippen LogP contribution in [0, 0.1) is 6.07 Å². The Balaban J connectivity index is 2.85. The summed E-state index contributed by atoms with van der Waals surface area (Å²) in [6.07, 6.45) is 0. The van der Waals surface area contributed by atoms with Gasteiger partial charge in [0.25, 0.3) is 0 Å². The first-order valence-corrected chi connectivity index (χ1v) is 5.04. The number of hydrogen-bond acceptors (Lipinski definition) is 0. The van der Waals surface area contributed by atoms with Gasteiger partial charge in [-0.1, -0.05) is 69.4 Å². The van der Waals surface area contributed by atoms with E-state index in [9.17, 15) is 0 Å². The molecule has 2 heteroatoms. The highest BCUT2D eigenvalue weighted by atomic mass is 127. The molecule has 0 aliphatic rings. The zero-order chi connectivity index (χ0) is 6.69. The SMILES string of the molecule is IC(I)c1[c]cccc1. The van der Waals surface area contributed by atoms with Crippen LogP contribution in [0.1, 0.15) is 7.49 Å². The molecule has 1 radical (unpaired) electrons. The molecule has 1 aromatic carbocycles. The summed E-state index contributed by atoms with van der Waals surface area (Å²) in [5, 5.41) is 0. The Labute approximate surface area is 82.3 Å². The zero-order valence-electron chi connectivity index (χ0n) is 4.64. The van der Waals surface area contributed by atoms with Gasteiger partial charge in [0.15, 0.2) is 0 Å². The van der Waals surface area contributed by atoms with Crippen LogP contribution in [0.15, 0.2) is 24.3 Å². The van der Waals surface area contributed by atoms with Gasteiger partial charge in [-0.25, -0.2) is 0 Å². The Kier molecular flexibility index (Phi) is 3.25. The third-order valence-electron chi connectivity index (χ3n) is 0.968. The third kappa shape index (κ3) is 2.41. The maximum atomic E-state index is 3.15. The Morgan fingerprint density at radius 3 is 2.44 bits per heavy atom. The van der Waals surface area contributed by atoms with Crippen LogP contribution in [0.3, 0.4) is 0 Å². The summed E-state index contributed by atoms with van der Waals surface area (Å²) in [6, 6.07) is 11.2. The quantitative estimate of drug-likeness (QED) is 0.542. The van der Waals surface area contributed by atoms with Crippen molar-refractivity contribution < 1.29 is 0 Å². The van der Waals surface area contributed by atoms with Crippen LogP contribution in [0.4, 0.5) is 0 Å². The van der Waals surface area contributed by atoms with Crippen LogP contribution in [0.25, 0.3) is 0 Å². The standard InChI is InChI=1S/C7H5I2/c8-7(9)6-4-2-1-3-5-6/h1-4,7H. The number of halogens is 2. The average molecular weight is 343 g/mol. The fourth-order valence-electron chi connectivity index (χ4n) is 0.543. The molecule has 0 heterocycles. The lowest BCUT2D eigenvalue weighted by Gasteiger charge is -1.97. The minimum absolute atomic E-state index is 0.543. The van der Waals surface area contributed by atoms with E-state index in [-0.39, 0.29) is 0 Å². The summed E-state index contributed by atoms with van der Waals surface area (Å²) in [5.74, 6) is 0. The number of hydrogen-bond donors (Lipinski definition) is 0. The van der Waals surface area contributed by atoms with E-state index in [1.165, 1.54) is 5.56 Å². The maximum absolute atomic E-state index is 3.15. The number of benzene rings is 1. The van der Waals surface area contributed by atoms with Crippen molar-refractivity contribution >= 4 is 45.2 Å². The summed E-state index contributed by atoms with van der Waals surface area (Å²) in [7, 11) is 0. The normalized spacial score (nSPS) is 10.1. The highest BCUT2D eigenvalue weighted by molar-refractivity contribution is 14.2. The molecular formula is C7H5I2. The molecule has 0 aliphatic carbocycles. The van der Waals surface area contributed by atoms with Gasteiger partial charge in [0.05, 0.1) is 1.93 Å². The zero-order valence-corrected chi connectivity index (χ0v) is 8.96. The Hall–Kier alpha value is 0.680. The van der Waals surface area contributed by atoms with Gasteiger partial charge < -0.3 is 0 Å². The van der Waals surface area contributed by atoms with Crippen LogP contribution >= 0.6 is 45.2 Å². The van der Waals surface area contributed by atoms with Gasteiger partial charge >= 0.3 is 0 Å². The molecule has 0 saturated carbocycles. The van der Waals surface area contributed by atoms with Crippen molar-refractivity contribution in [3.8, 4) is 0 Å². The molecule has 0 spiro atoms. The van der Waals surface area contributed by atoms with Gasteiger partial charge in [0.1, 0.15) is 0 Å². The van der Waals surface area contributed by atoms with Gasteiger partial charge in [0, 0.05) is 0 Å². The Bertz CT molecular complexity index is 170. The van der Waals surface area contributed by atoms with Crippen molar-refractivity contribution in [3.05, 3.63) is 35.9 Å². The van der Waals surface area contributed by atoms with E-state index in [1.807, 2.05) is 18.2 Å². The van der Waals surface area contributed by atoms with Crippen molar-refractivity contribution in [1.82, 2.24) is 0 Å². The van der Waals surface area contributed by atoms with Gasteiger partial charge in [-0.2, -0.15) is 0 Å². The molecule has 0 nitrogen and oxygen atoms in total. The third-order valence-corrected chi connectivity index (χ3v) is 2.31. The van der Waals surface area contributed by atoms with Gasteiger partial charge in [-0.05, 0) is 11.6 Å².